The maximum absolute atomic E-state index is 12.2. The van der Waals surface area contributed by atoms with E-state index in [9.17, 15) is 8.78 Å². The second kappa shape index (κ2) is 3.74. The molecule has 0 unspecified atom stereocenters. The van der Waals surface area contributed by atoms with E-state index in [4.69, 9.17) is 23.1 Å². The second-order valence-corrected chi connectivity index (χ2v) is 2.71. The molecule has 72 valence electrons. The highest BCUT2D eigenvalue weighted by atomic mass is 35.5. The Morgan fingerprint density at radius 3 is 2.54 bits per heavy atom. The predicted octanol–water partition coefficient (Wildman–Crippen LogP) is 1.92. The van der Waals surface area contributed by atoms with Crippen molar-refractivity contribution in [3.63, 3.8) is 0 Å². The van der Waals surface area contributed by atoms with Crippen LogP contribution in [0.1, 0.15) is 17.7 Å². The summed E-state index contributed by atoms with van der Waals surface area (Å²) in [6, 6.07) is 1.32. The first-order valence-electron chi connectivity index (χ1n) is 3.45. The van der Waals surface area contributed by atoms with Gasteiger partial charge in [-0.3, -0.25) is 0 Å². The molecule has 1 aromatic heterocycles. The van der Waals surface area contributed by atoms with E-state index in [1.54, 1.807) is 0 Å². The van der Waals surface area contributed by atoms with Crippen LogP contribution in [0.4, 0.5) is 20.3 Å². The van der Waals surface area contributed by atoms with Crippen molar-refractivity contribution in [2.45, 2.75) is 12.3 Å². The number of aromatic nitrogens is 1. The van der Waals surface area contributed by atoms with Crippen LogP contribution in [-0.2, 0) is 5.88 Å². The van der Waals surface area contributed by atoms with Crippen LogP contribution in [-0.4, -0.2) is 4.98 Å². The van der Waals surface area contributed by atoms with Gasteiger partial charge in [-0.25, -0.2) is 13.8 Å². The Morgan fingerprint density at radius 2 is 2.08 bits per heavy atom. The maximum atomic E-state index is 12.2. The van der Waals surface area contributed by atoms with Crippen LogP contribution in [0.25, 0.3) is 0 Å². The molecule has 1 heterocycles. The highest BCUT2D eigenvalue weighted by Crippen LogP contribution is 2.26. The molecule has 0 spiro atoms. The van der Waals surface area contributed by atoms with Crippen LogP contribution in [0.3, 0.4) is 0 Å². The van der Waals surface area contributed by atoms with Crippen molar-refractivity contribution in [1.82, 2.24) is 4.98 Å². The van der Waals surface area contributed by atoms with E-state index >= 15 is 0 Å². The van der Waals surface area contributed by atoms with Crippen LogP contribution in [0.15, 0.2) is 6.07 Å². The summed E-state index contributed by atoms with van der Waals surface area (Å²) in [5.74, 6) is 0.103. The van der Waals surface area contributed by atoms with E-state index in [2.05, 4.69) is 4.98 Å². The van der Waals surface area contributed by atoms with Gasteiger partial charge in [-0.1, -0.05) is 0 Å². The highest BCUT2D eigenvalue weighted by molar-refractivity contribution is 6.17. The third-order valence-electron chi connectivity index (χ3n) is 1.55. The van der Waals surface area contributed by atoms with Gasteiger partial charge in [0.05, 0.1) is 11.6 Å². The van der Waals surface area contributed by atoms with E-state index in [1.165, 1.54) is 6.07 Å². The van der Waals surface area contributed by atoms with Crippen LogP contribution < -0.4 is 11.5 Å². The molecule has 0 aliphatic heterocycles. The molecule has 0 bridgehead atoms. The number of pyridine rings is 1. The fourth-order valence-corrected chi connectivity index (χ4v) is 1.10. The molecule has 0 aliphatic carbocycles. The molecule has 1 rings (SSSR count). The number of alkyl halides is 3. The summed E-state index contributed by atoms with van der Waals surface area (Å²) < 4.78 is 24.4. The first-order valence-corrected chi connectivity index (χ1v) is 3.98. The average Bonchev–Trinajstić information content (AvgIpc) is 2.07. The van der Waals surface area contributed by atoms with Crippen molar-refractivity contribution < 1.29 is 8.78 Å². The lowest BCUT2D eigenvalue weighted by Crippen LogP contribution is -2.04. The monoisotopic (exact) mass is 207 g/mol. The number of hydrogen-bond donors (Lipinski definition) is 2. The zero-order valence-electron chi connectivity index (χ0n) is 6.60. The molecule has 0 aromatic carbocycles. The van der Waals surface area contributed by atoms with E-state index in [1.807, 2.05) is 0 Å². The zero-order chi connectivity index (χ0) is 10.0. The van der Waals surface area contributed by atoms with Gasteiger partial charge < -0.3 is 11.5 Å². The molecule has 4 N–H and O–H groups in total. The topological polar surface area (TPSA) is 64.9 Å². The van der Waals surface area contributed by atoms with Crippen molar-refractivity contribution in [3.05, 3.63) is 17.3 Å². The van der Waals surface area contributed by atoms with Crippen molar-refractivity contribution in [2.24, 2.45) is 0 Å². The normalized spacial score (nSPS) is 10.8. The molecular formula is C7H8ClF2N3. The van der Waals surface area contributed by atoms with Gasteiger partial charge in [0.15, 0.2) is 0 Å². The number of nitrogens with two attached hydrogens (primary N) is 2. The predicted molar refractivity (Wildman–Crippen MR) is 47.6 cm³/mol. The van der Waals surface area contributed by atoms with Gasteiger partial charge in [-0.05, 0) is 6.07 Å². The van der Waals surface area contributed by atoms with Gasteiger partial charge in [-0.15, -0.1) is 11.6 Å². The zero-order valence-corrected chi connectivity index (χ0v) is 7.35. The number of anilines is 2. The van der Waals surface area contributed by atoms with Crippen LogP contribution in [0.5, 0.6) is 0 Å². The van der Waals surface area contributed by atoms with Gasteiger partial charge in [0, 0.05) is 5.56 Å². The van der Waals surface area contributed by atoms with E-state index in [0.717, 1.165) is 0 Å². The quantitative estimate of drug-likeness (QED) is 0.729. The molecule has 0 aliphatic rings. The Balaban J connectivity index is 3.20. The molecule has 1 aromatic rings. The first-order chi connectivity index (χ1) is 6.06. The minimum atomic E-state index is -2.72. The standard InChI is InChI=1S/C7H8ClF2N3/c8-2-3-1-4(11)5(6(9)10)13-7(3)12/h1,6H,2,11H2,(H2,12,13). The van der Waals surface area contributed by atoms with E-state index in [0.29, 0.717) is 5.56 Å². The SMILES string of the molecule is Nc1cc(CCl)c(N)nc1C(F)F. The number of nitrogen functional groups attached to an aromatic ring is 2. The van der Waals surface area contributed by atoms with Crippen molar-refractivity contribution in [3.8, 4) is 0 Å². The summed E-state index contributed by atoms with van der Waals surface area (Å²) in [7, 11) is 0. The summed E-state index contributed by atoms with van der Waals surface area (Å²) in [5.41, 5.74) is 10.5. The molecule has 0 atom stereocenters. The third-order valence-corrected chi connectivity index (χ3v) is 1.83. The van der Waals surface area contributed by atoms with Crippen LogP contribution in [0.2, 0.25) is 0 Å². The van der Waals surface area contributed by atoms with Gasteiger partial charge in [0.1, 0.15) is 11.5 Å². The summed E-state index contributed by atoms with van der Waals surface area (Å²) in [6.45, 7) is 0. The van der Waals surface area contributed by atoms with E-state index < -0.39 is 12.1 Å². The lowest BCUT2D eigenvalue weighted by molar-refractivity contribution is 0.147. The van der Waals surface area contributed by atoms with Gasteiger partial charge in [-0.2, -0.15) is 0 Å². The second-order valence-electron chi connectivity index (χ2n) is 2.44. The van der Waals surface area contributed by atoms with Crippen LogP contribution >= 0.6 is 11.6 Å². The molecular weight excluding hydrogens is 200 g/mol. The Bertz CT molecular complexity index is 317. The molecule has 0 radical (unpaired) electrons. The van der Waals surface area contributed by atoms with Gasteiger partial charge in [0.2, 0.25) is 0 Å². The summed E-state index contributed by atoms with van der Waals surface area (Å²) in [6.07, 6.45) is -2.72. The minimum absolute atomic E-state index is 0.000463. The molecule has 0 fully saturated rings. The number of nitrogens with zero attached hydrogens (tertiary/aromatic N) is 1. The highest BCUT2D eigenvalue weighted by Gasteiger charge is 2.15. The number of halogens is 3. The van der Waals surface area contributed by atoms with Crippen molar-refractivity contribution in [2.75, 3.05) is 11.5 Å². The molecule has 13 heavy (non-hydrogen) atoms. The number of rotatable bonds is 2. The van der Waals surface area contributed by atoms with E-state index in [-0.39, 0.29) is 17.4 Å². The lowest BCUT2D eigenvalue weighted by Gasteiger charge is -2.07. The van der Waals surface area contributed by atoms with Crippen molar-refractivity contribution in [1.29, 1.82) is 0 Å². The smallest absolute Gasteiger partial charge is 0.282 e. The minimum Gasteiger partial charge on any atom is -0.397 e. The molecule has 0 saturated carbocycles. The fourth-order valence-electron chi connectivity index (χ4n) is 0.884. The fraction of sp³-hybridized carbons (Fsp3) is 0.286. The Morgan fingerprint density at radius 1 is 1.46 bits per heavy atom. The molecule has 0 saturated heterocycles. The lowest BCUT2D eigenvalue weighted by atomic mass is 10.2. The summed E-state index contributed by atoms with van der Waals surface area (Å²) >= 11 is 5.47. The number of hydrogen-bond acceptors (Lipinski definition) is 3. The van der Waals surface area contributed by atoms with Gasteiger partial charge in [0.25, 0.3) is 6.43 Å². The molecule has 3 nitrogen and oxygen atoms in total. The molecule has 0 amide bonds. The van der Waals surface area contributed by atoms with Gasteiger partial charge >= 0.3 is 0 Å². The Kier molecular flexibility index (Phi) is 2.87. The molecule has 6 heteroatoms. The summed E-state index contributed by atoms with van der Waals surface area (Å²) in [4.78, 5) is 3.46. The Hall–Kier alpha value is -1.10. The average molecular weight is 208 g/mol. The van der Waals surface area contributed by atoms with Crippen molar-refractivity contribution >= 4 is 23.1 Å². The third kappa shape index (κ3) is 1.98. The van der Waals surface area contributed by atoms with Crippen LogP contribution in [0, 0.1) is 0 Å². The summed E-state index contributed by atoms with van der Waals surface area (Å²) in [5, 5.41) is 0. The largest absolute Gasteiger partial charge is 0.397 e. The Labute approximate surface area is 78.7 Å². The first kappa shape index (κ1) is 9.98. The maximum Gasteiger partial charge on any atom is 0.282 e.